The van der Waals surface area contributed by atoms with Gasteiger partial charge in [0.05, 0.1) is 27.8 Å². The number of Topliss-reactive ketones (excluding diaryl/α,β-unsaturated/α-hetero) is 2. The highest BCUT2D eigenvalue weighted by Gasteiger charge is 2.43. The van der Waals surface area contributed by atoms with Crippen LogP contribution in [-0.4, -0.2) is 48.1 Å². The summed E-state index contributed by atoms with van der Waals surface area (Å²) in [4.78, 5) is 60.2. The molecule has 0 saturated carbocycles. The van der Waals surface area contributed by atoms with Crippen LogP contribution in [-0.2, 0) is 34.5 Å². The SMILES string of the molecule is C=Nc1cc2c(OOc3cc4c5c6c(c7cc[nH]c7c7cnc8c(c9c(c%10ccsc%10c3c59)CC8=O)c76)C[S+]4[O-])cc3[nH]c4c5c6c7c8c9c(sc(C)c9c1c7c2c35)[S+]([O-])CC=8CC6CC4=O. The number of hydrogen-bond acceptors (Lipinski definition) is 10. The van der Waals surface area contributed by atoms with Crippen LogP contribution in [0.25, 0.3) is 124 Å². The zero-order chi connectivity index (χ0) is 43.9. The van der Waals surface area contributed by atoms with Crippen molar-refractivity contribution in [3.05, 3.63) is 86.3 Å². The van der Waals surface area contributed by atoms with Crippen molar-refractivity contribution in [2.45, 2.75) is 47.0 Å². The fourth-order valence-corrected chi connectivity index (χ4v) is 19.3. The van der Waals surface area contributed by atoms with E-state index in [1.54, 1.807) is 22.7 Å². The molecule has 0 radical (unpaired) electrons. The molecular formula is C53H26N4O6S4. The number of hydrogen-bond donors (Lipinski definition) is 2. The number of ketones is 2. The Bertz CT molecular complexity index is 4810. The molecule has 318 valence electrons. The predicted molar refractivity (Wildman–Crippen MR) is 270 cm³/mol. The lowest BCUT2D eigenvalue weighted by atomic mass is 9.71. The van der Waals surface area contributed by atoms with E-state index in [0.717, 1.165) is 144 Å². The quantitative estimate of drug-likeness (QED) is 0.0444. The van der Waals surface area contributed by atoms with Gasteiger partial charge in [0.25, 0.3) is 0 Å². The van der Waals surface area contributed by atoms with E-state index in [9.17, 15) is 18.7 Å². The Labute approximate surface area is 389 Å². The number of aliphatic imine (C=N–C) groups is 1. The summed E-state index contributed by atoms with van der Waals surface area (Å²) in [6.45, 7) is 6.22. The van der Waals surface area contributed by atoms with Gasteiger partial charge in [-0.3, -0.25) is 29.3 Å². The van der Waals surface area contributed by atoms with Gasteiger partial charge in [0.1, 0.15) is 17.2 Å². The number of carbonyl (C=O) groups excluding carboxylic acids is 2. The minimum atomic E-state index is -1.45. The van der Waals surface area contributed by atoms with Crippen LogP contribution in [0.4, 0.5) is 5.69 Å². The zero-order valence-electron chi connectivity index (χ0n) is 34.9. The summed E-state index contributed by atoms with van der Waals surface area (Å²) in [5, 5.41) is 21.6. The lowest BCUT2D eigenvalue weighted by Gasteiger charge is -2.33. The third-order valence-electron chi connectivity index (χ3n) is 16.2. The van der Waals surface area contributed by atoms with Crippen LogP contribution in [0.15, 0.2) is 62.2 Å². The number of nitrogens with zero attached hydrogens (tertiary/aromatic N) is 2. The fourth-order valence-electron chi connectivity index (χ4n) is 14.0. The largest absolute Gasteiger partial charge is 0.611 e. The van der Waals surface area contributed by atoms with E-state index in [1.165, 1.54) is 10.8 Å². The molecule has 5 aromatic heterocycles. The van der Waals surface area contributed by atoms with Gasteiger partial charge in [-0.1, -0.05) is 11.3 Å². The van der Waals surface area contributed by atoms with E-state index in [2.05, 4.69) is 41.1 Å². The molecule has 7 heterocycles. The topological polar surface area (TPSA) is 156 Å². The number of carbonyl (C=O) groups is 2. The molecule has 0 fully saturated rings. The second-order valence-corrected chi connectivity index (χ2v) is 24.2. The number of pyridine rings is 1. The van der Waals surface area contributed by atoms with Crippen LogP contribution in [0.1, 0.15) is 61.3 Å². The molecule has 67 heavy (non-hydrogen) atoms. The maximum Gasteiger partial charge on any atom is 0.215 e. The highest BCUT2D eigenvalue weighted by atomic mass is 32.2. The van der Waals surface area contributed by atoms with Crippen molar-refractivity contribution < 1.29 is 28.5 Å². The Morgan fingerprint density at radius 1 is 0.776 bits per heavy atom. The van der Waals surface area contributed by atoms with Crippen LogP contribution >= 0.6 is 22.7 Å². The standard InChI is InChI=1S/C53H26N4O6S4/c1-16-32-39-25(54-2)9-22-29(11-26-40-36(22)44(39)43-33-17(8-27(58)51(57-26)46(33)40)7-18-14-67(61)53(65-16)48(32)34(18)43)62-63-30-12-31-42-38-24(15-66(31)60)19-3-5-55-49(19)23-13-56-50-28(59)10-21-20-4-6-64-52(20)41(30)45(42)35(21)47(50)37(23)38/h3-6,9,11-13,17,55,57H,2,7-8,10,14-15H2,1H3. The van der Waals surface area contributed by atoms with Gasteiger partial charge in [-0.2, -0.15) is 0 Å². The van der Waals surface area contributed by atoms with Crippen molar-refractivity contribution in [1.29, 1.82) is 0 Å². The number of aromatic nitrogens is 3. The Morgan fingerprint density at radius 2 is 1.63 bits per heavy atom. The van der Waals surface area contributed by atoms with Gasteiger partial charge in [0.2, 0.25) is 4.21 Å². The van der Waals surface area contributed by atoms with Crippen LogP contribution in [0, 0.1) is 6.92 Å². The number of nitrogens with one attached hydrogen (secondary N) is 2. The smallest absolute Gasteiger partial charge is 0.215 e. The van der Waals surface area contributed by atoms with Crippen molar-refractivity contribution >= 4 is 193 Å². The highest BCUT2D eigenvalue weighted by molar-refractivity contribution is 7.94. The molecule has 3 atom stereocenters. The number of H-pyrrole nitrogens is 2. The third-order valence-corrected chi connectivity index (χ3v) is 21.4. The number of fused-ring (bicyclic) bond motifs is 7. The van der Waals surface area contributed by atoms with E-state index < -0.39 is 22.4 Å². The van der Waals surface area contributed by atoms with Gasteiger partial charge in [-0.05, 0) is 93.6 Å². The van der Waals surface area contributed by atoms with Crippen LogP contribution < -0.4 is 15.0 Å². The average molecular weight is 943 g/mol. The van der Waals surface area contributed by atoms with Crippen LogP contribution in [0.5, 0.6) is 11.5 Å². The van der Waals surface area contributed by atoms with Crippen LogP contribution in [0.2, 0.25) is 0 Å². The molecule has 0 spiro atoms. The van der Waals surface area contributed by atoms with Crippen LogP contribution in [0.3, 0.4) is 0 Å². The van der Waals surface area contributed by atoms with Gasteiger partial charge in [0, 0.05) is 150 Å². The van der Waals surface area contributed by atoms with E-state index >= 15 is 0 Å². The van der Waals surface area contributed by atoms with E-state index in [4.69, 9.17) is 19.8 Å². The maximum atomic E-state index is 14.8. The first kappa shape index (κ1) is 35.6. The van der Waals surface area contributed by atoms with Gasteiger partial charge in [-0.15, -0.1) is 11.3 Å². The highest BCUT2D eigenvalue weighted by Crippen LogP contribution is 2.59. The second-order valence-electron chi connectivity index (χ2n) is 19.0. The minimum Gasteiger partial charge on any atom is -0.611 e. The molecule has 14 heteroatoms. The second kappa shape index (κ2) is 11.2. The Hall–Kier alpha value is -6.52. The molecule has 18 rings (SSSR count). The first-order valence-corrected chi connectivity index (χ1v) is 26.5. The summed E-state index contributed by atoms with van der Waals surface area (Å²) in [5.41, 5.74) is 7.78. The summed E-state index contributed by atoms with van der Waals surface area (Å²) >= 11 is 0.565. The number of rotatable bonds is 4. The van der Waals surface area contributed by atoms with Crippen molar-refractivity contribution in [2.75, 3.05) is 5.75 Å². The van der Waals surface area contributed by atoms with Crippen molar-refractivity contribution in [3.8, 4) is 11.5 Å². The summed E-state index contributed by atoms with van der Waals surface area (Å²) in [6.07, 6.45) is 5.04. The molecule has 3 unspecified atom stereocenters. The molecule has 2 N–H and O–H groups in total. The molecule has 5 aliphatic rings. The lowest BCUT2D eigenvalue weighted by Crippen LogP contribution is -2.30. The van der Waals surface area contributed by atoms with Gasteiger partial charge in [0.15, 0.2) is 28.0 Å². The third kappa shape index (κ3) is 3.73. The van der Waals surface area contributed by atoms with Gasteiger partial charge >= 0.3 is 0 Å². The predicted octanol–water partition coefficient (Wildman–Crippen LogP) is 11.9. The zero-order valence-corrected chi connectivity index (χ0v) is 38.2. The number of benzene rings is 8. The normalized spacial score (nSPS) is 19.5. The molecule has 0 amide bonds. The maximum absolute atomic E-state index is 14.8. The minimum absolute atomic E-state index is 0.0162. The Balaban J connectivity index is 0.963. The van der Waals surface area contributed by atoms with Gasteiger partial charge in [-0.25, -0.2) is 0 Å². The monoisotopic (exact) mass is 942 g/mol. The first-order chi connectivity index (χ1) is 32.8. The van der Waals surface area contributed by atoms with Crippen molar-refractivity contribution in [3.63, 3.8) is 0 Å². The average Bonchev–Trinajstić information content (AvgIpc) is 4.16. The summed E-state index contributed by atoms with van der Waals surface area (Å²) in [6, 6.07) is 10.00. The number of aryl methyl sites for hydroxylation is 1. The lowest BCUT2D eigenvalue weighted by molar-refractivity contribution is -0.0968. The van der Waals surface area contributed by atoms with E-state index in [-0.39, 0.29) is 23.9 Å². The fraction of sp³-hybridized carbons (Fsp3) is 0.132. The van der Waals surface area contributed by atoms with E-state index in [0.29, 0.717) is 57.8 Å². The van der Waals surface area contributed by atoms with Crippen molar-refractivity contribution in [1.82, 2.24) is 15.0 Å². The molecule has 0 bridgehead atoms. The molecule has 0 saturated heterocycles. The van der Waals surface area contributed by atoms with E-state index in [1.807, 2.05) is 30.6 Å². The molecular weight excluding hydrogens is 917 g/mol. The molecule has 2 aliphatic heterocycles. The van der Waals surface area contributed by atoms with Gasteiger partial charge < -0.3 is 19.1 Å². The number of thiophene rings is 2. The molecule has 13 aromatic rings. The molecule has 8 aromatic carbocycles. The summed E-state index contributed by atoms with van der Waals surface area (Å²) < 4.78 is 30.6. The Kier molecular flexibility index (Phi) is 5.98. The first-order valence-electron chi connectivity index (χ1n) is 22.2. The Morgan fingerprint density at radius 3 is 2.52 bits per heavy atom. The molecule has 10 nitrogen and oxygen atoms in total. The van der Waals surface area contributed by atoms with Crippen molar-refractivity contribution in [2.24, 2.45) is 4.99 Å². The summed E-state index contributed by atoms with van der Waals surface area (Å²) in [5.74, 6) is 1.64. The molecule has 3 aliphatic carbocycles. The summed E-state index contributed by atoms with van der Waals surface area (Å²) in [7, 11) is 0. The number of aromatic amines is 2.